The zero-order valence-electron chi connectivity index (χ0n) is 16.2. The standard InChI is InChI=1S/C23H21BrN2O4/c24-20-8-1-2-9-21(20)26-13-17(12-22(26)27)23(28)25-18-6-3-5-16(11-18)14-29-15-19-7-4-10-30-19/h1-11,17H,12-15H2,(H,25,28). The lowest BCUT2D eigenvalue weighted by Gasteiger charge is -2.18. The number of anilines is 2. The molecule has 6 nitrogen and oxygen atoms in total. The first kappa shape index (κ1) is 20.4. The Bertz CT molecular complexity index is 1040. The molecule has 1 aromatic heterocycles. The van der Waals surface area contributed by atoms with E-state index >= 15 is 0 Å². The van der Waals surface area contributed by atoms with Gasteiger partial charge < -0.3 is 19.4 Å². The van der Waals surface area contributed by atoms with Crippen LogP contribution in [0.15, 0.2) is 75.8 Å². The SMILES string of the molecule is O=C(Nc1cccc(COCc2ccco2)c1)C1CC(=O)N(c2ccccc2Br)C1. The Morgan fingerprint density at radius 2 is 2.00 bits per heavy atom. The summed E-state index contributed by atoms with van der Waals surface area (Å²) in [6.07, 6.45) is 1.80. The lowest BCUT2D eigenvalue weighted by molar-refractivity contribution is -0.122. The molecule has 1 aliphatic rings. The van der Waals surface area contributed by atoms with Crippen LogP contribution in [0.4, 0.5) is 11.4 Å². The van der Waals surface area contributed by atoms with E-state index in [1.807, 2.05) is 60.7 Å². The number of nitrogens with one attached hydrogen (secondary N) is 1. The number of para-hydroxylation sites is 1. The summed E-state index contributed by atoms with van der Waals surface area (Å²) in [5.41, 5.74) is 2.41. The van der Waals surface area contributed by atoms with Crippen molar-refractivity contribution in [2.24, 2.45) is 5.92 Å². The fourth-order valence-electron chi connectivity index (χ4n) is 3.43. The van der Waals surface area contributed by atoms with Crippen molar-refractivity contribution in [2.75, 3.05) is 16.8 Å². The zero-order chi connectivity index (χ0) is 20.9. The van der Waals surface area contributed by atoms with Crippen LogP contribution in [0.25, 0.3) is 0 Å². The summed E-state index contributed by atoms with van der Waals surface area (Å²) in [6.45, 7) is 1.15. The van der Waals surface area contributed by atoms with Gasteiger partial charge in [0.25, 0.3) is 0 Å². The Kier molecular flexibility index (Phi) is 6.30. The molecule has 7 heteroatoms. The highest BCUT2D eigenvalue weighted by atomic mass is 79.9. The normalized spacial score (nSPS) is 16.1. The fraction of sp³-hybridized carbons (Fsp3) is 0.217. The van der Waals surface area contributed by atoms with E-state index in [4.69, 9.17) is 9.15 Å². The Hall–Kier alpha value is -2.90. The molecule has 2 heterocycles. The van der Waals surface area contributed by atoms with Gasteiger partial charge in [0.1, 0.15) is 12.4 Å². The summed E-state index contributed by atoms with van der Waals surface area (Å²) < 4.78 is 11.7. The van der Waals surface area contributed by atoms with Crippen LogP contribution in [-0.2, 0) is 27.5 Å². The Morgan fingerprint density at radius 3 is 2.80 bits per heavy atom. The van der Waals surface area contributed by atoms with Crippen molar-refractivity contribution in [3.63, 3.8) is 0 Å². The van der Waals surface area contributed by atoms with Gasteiger partial charge in [-0.15, -0.1) is 0 Å². The van der Waals surface area contributed by atoms with E-state index < -0.39 is 5.92 Å². The zero-order valence-corrected chi connectivity index (χ0v) is 17.8. The van der Waals surface area contributed by atoms with Gasteiger partial charge in [-0.3, -0.25) is 9.59 Å². The van der Waals surface area contributed by atoms with E-state index in [9.17, 15) is 9.59 Å². The molecule has 0 bridgehead atoms. The number of amides is 2. The fourth-order valence-corrected chi connectivity index (χ4v) is 3.93. The van der Waals surface area contributed by atoms with Gasteiger partial charge in [0.15, 0.2) is 0 Å². The summed E-state index contributed by atoms with van der Waals surface area (Å²) in [6, 6.07) is 18.7. The van der Waals surface area contributed by atoms with Gasteiger partial charge >= 0.3 is 0 Å². The van der Waals surface area contributed by atoms with E-state index in [0.29, 0.717) is 25.4 Å². The average molecular weight is 469 g/mol. The number of halogens is 1. The summed E-state index contributed by atoms with van der Waals surface area (Å²) >= 11 is 3.47. The average Bonchev–Trinajstić information content (AvgIpc) is 3.39. The van der Waals surface area contributed by atoms with E-state index in [1.165, 1.54) is 0 Å². The van der Waals surface area contributed by atoms with Crippen molar-refractivity contribution in [1.29, 1.82) is 0 Å². The summed E-state index contributed by atoms with van der Waals surface area (Å²) in [5.74, 6) is 0.150. The molecule has 0 radical (unpaired) electrons. The lowest BCUT2D eigenvalue weighted by atomic mass is 10.1. The number of carbonyl (C=O) groups is 2. The van der Waals surface area contributed by atoms with Crippen LogP contribution < -0.4 is 10.2 Å². The number of hydrogen-bond donors (Lipinski definition) is 1. The highest BCUT2D eigenvalue weighted by molar-refractivity contribution is 9.10. The van der Waals surface area contributed by atoms with Crippen LogP contribution in [0.2, 0.25) is 0 Å². The van der Waals surface area contributed by atoms with Crippen LogP contribution in [0, 0.1) is 5.92 Å². The number of rotatable bonds is 7. The summed E-state index contributed by atoms with van der Waals surface area (Å²) in [4.78, 5) is 26.9. The van der Waals surface area contributed by atoms with Crippen molar-refractivity contribution in [1.82, 2.24) is 0 Å². The highest BCUT2D eigenvalue weighted by Gasteiger charge is 2.35. The molecule has 2 aromatic carbocycles. The molecule has 4 rings (SSSR count). The third kappa shape index (κ3) is 4.80. The number of nitrogens with zero attached hydrogens (tertiary/aromatic N) is 1. The van der Waals surface area contributed by atoms with Crippen molar-refractivity contribution in [2.45, 2.75) is 19.6 Å². The van der Waals surface area contributed by atoms with Crippen LogP contribution in [0.3, 0.4) is 0 Å². The number of benzene rings is 2. The van der Waals surface area contributed by atoms with E-state index in [2.05, 4.69) is 21.2 Å². The van der Waals surface area contributed by atoms with Gasteiger partial charge in [0.05, 0.1) is 24.5 Å². The van der Waals surface area contributed by atoms with E-state index in [1.54, 1.807) is 11.2 Å². The van der Waals surface area contributed by atoms with Gasteiger partial charge in [-0.25, -0.2) is 0 Å². The molecule has 1 N–H and O–H groups in total. The number of carbonyl (C=O) groups excluding carboxylic acids is 2. The Labute approximate surface area is 183 Å². The minimum Gasteiger partial charge on any atom is -0.467 e. The minimum absolute atomic E-state index is 0.0536. The van der Waals surface area contributed by atoms with E-state index in [0.717, 1.165) is 21.5 Å². The molecule has 0 spiro atoms. The maximum atomic E-state index is 12.8. The molecule has 1 unspecified atom stereocenters. The second kappa shape index (κ2) is 9.28. The Morgan fingerprint density at radius 1 is 1.13 bits per heavy atom. The maximum Gasteiger partial charge on any atom is 0.229 e. The molecule has 2 amide bonds. The van der Waals surface area contributed by atoms with Crippen molar-refractivity contribution >= 4 is 39.1 Å². The van der Waals surface area contributed by atoms with Crippen molar-refractivity contribution < 1.29 is 18.7 Å². The molecular formula is C23H21BrN2O4. The summed E-state index contributed by atoms with van der Waals surface area (Å²) in [7, 11) is 0. The van der Waals surface area contributed by atoms with Gasteiger partial charge in [0, 0.05) is 23.1 Å². The summed E-state index contributed by atoms with van der Waals surface area (Å²) in [5, 5.41) is 2.93. The third-order valence-corrected chi connectivity index (χ3v) is 5.60. The molecule has 154 valence electrons. The minimum atomic E-state index is -0.400. The number of hydrogen-bond acceptors (Lipinski definition) is 4. The van der Waals surface area contributed by atoms with Gasteiger partial charge in [-0.1, -0.05) is 24.3 Å². The smallest absolute Gasteiger partial charge is 0.229 e. The van der Waals surface area contributed by atoms with Crippen molar-refractivity contribution in [3.05, 3.63) is 82.7 Å². The van der Waals surface area contributed by atoms with Gasteiger partial charge in [-0.05, 0) is 57.9 Å². The van der Waals surface area contributed by atoms with Crippen molar-refractivity contribution in [3.8, 4) is 0 Å². The maximum absolute atomic E-state index is 12.8. The third-order valence-electron chi connectivity index (χ3n) is 4.93. The first-order valence-electron chi connectivity index (χ1n) is 9.65. The molecule has 1 saturated heterocycles. The monoisotopic (exact) mass is 468 g/mol. The molecule has 0 saturated carbocycles. The highest BCUT2D eigenvalue weighted by Crippen LogP contribution is 2.31. The number of furan rings is 1. The quantitative estimate of drug-likeness (QED) is 0.542. The molecule has 1 atom stereocenters. The van der Waals surface area contributed by atoms with Crippen LogP contribution in [0.5, 0.6) is 0 Å². The van der Waals surface area contributed by atoms with Crippen LogP contribution in [0.1, 0.15) is 17.7 Å². The molecule has 1 fully saturated rings. The van der Waals surface area contributed by atoms with Gasteiger partial charge in [-0.2, -0.15) is 0 Å². The van der Waals surface area contributed by atoms with E-state index in [-0.39, 0.29) is 18.2 Å². The molecular weight excluding hydrogens is 448 g/mol. The van der Waals surface area contributed by atoms with Crippen LogP contribution >= 0.6 is 15.9 Å². The second-order valence-electron chi connectivity index (χ2n) is 7.12. The Balaban J connectivity index is 1.35. The predicted molar refractivity (Wildman–Crippen MR) is 117 cm³/mol. The topological polar surface area (TPSA) is 71.8 Å². The molecule has 30 heavy (non-hydrogen) atoms. The predicted octanol–water partition coefficient (Wildman–Crippen LogP) is 4.75. The first-order chi connectivity index (χ1) is 14.6. The number of ether oxygens (including phenoxy) is 1. The first-order valence-corrected chi connectivity index (χ1v) is 10.4. The second-order valence-corrected chi connectivity index (χ2v) is 7.97. The molecule has 3 aromatic rings. The van der Waals surface area contributed by atoms with Crippen LogP contribution in [-0.4, -0.2) is 18.4 Å². The molecule has 1 aliphatic heterocycles. The lowest BCUT2D eigenvalue weighted by Crippen LogP contribution is -2.28. The largest absolute Gasteiger partial charge is 0.467 e. The molecule has 0 aliphatic carbocycles. The van der Waals surface area contributed by atoms with Gasteiger partial charge in [0.2, 0.25) is 11.8 Å².